The number of benzene rings is 3. The number of rotatable bonds is 8. The highest BCUT2D eigenvalue weighted by Crippen LogP contribution is 2.30. The van der Waals surface area contributed by atoms with Crippen molar-refractivity contribution in [2.24, 2.45) is 0 Å². The molecular weight excluding hydrogens is 479 g/mol. The number of halogens is 2. The molecule has 0 heterocycles. The molecule has 1 amide bonds. The van der Waals surface area contributed by atoms with Gasteiger partial charge >= 0.3 is 0 Å². The maximum absolute atomic E-state index is 13.4. The topological polar surface area (TPSA) is 66.5 Å². The molecule has 3 aromatic carbocycles. The van der Waals surface area contributed by atoms with Gasteiger partial charge in [-0.05, 0) is 67.3 Å². The fourth-order valence-electron chi connectivity index (χ4n) is 3.45. The zero-order valence-electron chi connectivity index (χ0n) is 18.7. The van der Waals surface area contributed by atoms with Gasteiger partial charge in [0.25, 0.3) is 10.0 Å². The molecule has 3 rings (SSSR count). The van der Waals surface area contributed by atoms with Crippen LogP contribution >= 0.6 is 23.2 Å². The molecule has 0 radical (unpaired) electrons. The number of nitrogens with zero attached hydrogens (tertiary/aromatic N) is 1. The van der Waals surface area contributed by atoms with Crippen molar-refractivity contribution in [1.82, 2.24) is 5.32 Å². The van der Waals surface area contributed by atoms with Gasteiger partial charge in [-0.1, -0.05) is 66.5 Å². The van der Waals surface area contributed by atoms with Crippen LogP contribution in [-0.4, -0.2) is 20.9 Å². The van der Waals surface area contributed by atoms with E-state index in [1.54, 1.807) is 18.2 Å². The van der Waals surface area contributed by atoms with E-state index >= 15 is 0 Å². The molecule has 0 aliphatic heterocycles. The molecule has 8 heteroatoms. The van der Waals surface area contributed by atoms with E-state index in [0.29, 0.717) is 11.4 Å². The number of sulfonamides is 1. The Morgan fingerprint density at radius 3 is 2.24 bits per heavy atom. The Bertz CT molecular complexity index is 1250. The van der Waals surface area contributed by atoms with Crippen molar-refractivity contribution in [2.45, 2.75) is 38.1 Å². The van der Waals surface area contributed by atoms with E-state index in [-0.39, 0.29) is 21.6 Å². The Kier molecular flexibility index (Phi) is 8.05. The molecule has 5 nitrogen and oxygen atoms in total. The second kappa shape index (κ2) is 10.6. The monoisotopic (exact) mass is 504 g/mol. The highest BCUT2D eigenvalue weighted by atomic mass is 35.5. The van der Waals surface area contributed by atoms with E-state index in [4.69, 9.17) is 23.2 Å². The molecule has 0 bridgehead atoms. The van der Waals surface area contributed by atoms with Gasteiger partial charge in [-0.3, -0.25) is 9.10 Å². The quantitative estimate of drug-likeness (QED) is 0.404. The smallest absolute Gasteiger partial charge is 0.264 e. The summed E-state index contributed by atoms with van der Waals surface area (Å²) in [6.07, 6.45) is 0.659. The summed E-state index contributed by atoms with van der Waals surface area (Å²) in [6, 6.07) is 18.2. The summed E-state index contributed by atoms with van der Waals surface area (Å²) < 4.78 is 27.9. The molecule has 0 aliphatic rings. The van der Waals surface area contributed by atoms with E-state index in [0.717, 1.165) is 15.4 Å². The van der Waals surface area contributed by atoms with Gasteiger partial charge in [0, 0.05) is 0 Å². The lowest BCUT2D eigenvalue weighted by atomic mass is 9.99. The Balaban J connectivity index is 1.93. The van der Waals surface area contributed by atoms with Crippen LogP contribution in [0.3, 0.4) is 0 Å². The van der Waals surface area contributed by atoms with Crippen molar-refractivity contribution in [3.05, 3.63) is 93.5 Å². The Labute approximate surface area is 205 Å². The van der Waals surface area contributed by atoms with Gasteiger partial charge in [-0.15, -0.1) is 0 Å². The SMILES string of the molecule is CCC(NC(=O)CN(c1ccc(Cl)c(Cl)c1)S(=O)(=O)c1ccccc1)c1ccc(C)c(C)c1. The third-order valence-electron chi connectivity index (χ3n) is 5.49. The summed E-state index contributed by atoms with van der Waals surface area (Å²) in [5.74, 6) is -0.425. The first-order chi connectivity index (χ1) is 15.6. The molecule has 1 atom stereocenters. The summed E-state index contributed by atoms with van der Waals surface area (Å²) in [5, 5.41) is 3.47. The van der Waals surface area contributed by atoms with Crippen molar-refractivity contribution < 1.29 is 13.2 Å². The number of aryl methyl sites for hydroxylation is 2. The van der Waals surface area contributed by atoms with E-state index in [2.05, 4.69) is 5.32 Å². The van der Waals surface area contributed by atoms with Crippen molar-refractivity contribution >= 4 is 44.8 Å². The van der Waals surface area contributed by atoms with Crippen LogP contribution in [0, 0.1) is 13.8 Å². The van der Waals surface area contributed by atoms with E-state index in [1.807, 2.05) is 39.0 Å². The maximum Gasteiger partial charge on any atom is 0.264 e. The minimum absolute atomic E-state index is 0.0741. The van der Waals surface area contributed by atoms with Crippen LogP contribution in [0.25, 0.3) is 0 Å². The largest absolute Gasteiger partial charge is 0.348 e. The molecule has 174 valence electrons. The lowest BCUT2D eigenvalue weighted by Gasteiger charge is -2.26. The van der Waals surface area contributed by atoms with Crippen molar-refractivity contribution in [3.63, 3.8) is 0 Å². The summed E-state index contributed by atoms with van der Waals surface area (Å²) in [4.78, 5) is 13.1. The van der Waals surface area contributed by atoms with Gasteiger partial charge in [-0.2, -0.15) is 0 Å². The van der Waals surface area contributed by atoms with Crippen molar-refractivity contribution in [1.29, 1.82) is 0 Å². The zero-order valence-corrected chi connectivity index (χ0v) is 21.0. The lowest BCUT2D eigenvalue weighted by Crippen LogP contribution is -2.42. The molecule has 0 spiro atoms. The van der Waals surface area contributed by atoms with E-state index < -0.39 is 22.5 Å². The molecule has 33 heavy (non-hydrogen) atoms. The zero-order chi connectivity index (χ0) is 24.2. The Hall–Kier alpha value is -2.54. The summed E-state index contributed by atoms with van der Waals surface area (Å²) in [7, 11) is -4.03. The molecule has 0 aromatic heterocycles. The Morgan fingerprint density at radius 1 is 0.939 bits per heavy atom. The predicted octanol–water partition coefficient (Wildman–Crippen LogP) is 6.07. The van der Waals surface area contributed by atoms with Gasteiger partial charge in [-0.25, -0.2) is 8.42 Å². The van der Waals surface area contributed by atoms with Crippen LogP contribution in [0.5, 0.6) is 0 Å². The molecular formula is C25H26Cl2N2O3S. The maximum atomic E-state index is 13.4. The van der Waals surface area contributed by atoms with Crippen LogP contribution in [0.2, 0.25) is 10.0 Å². The minimum Gasteiger partial charge on any atom is -0.348 e. The number of carbonyl (C=O) groups excluding carboxylic acids is 1. The molecule has 3 aromatic rings. The third-order valence-corrected chi connectivity index (χ3v) is 8.01. The second-order valence-electron chi connectivity index (χ2n) is 7.80. The number of anilines is 1. The molecule has 0 aliphatic carbocycles. The highest BCUT2D eigenvalue weighted by Gasteiger charge is 2.28. The van der Waals surface area contributed by atoms with Crippen LogP contribution < -0.4 is 9.62 Å². The molecule has 1 N–H and O–H groups in total. The fourth-order valence-corrected chi connectivity index (χ4v) is 5.17. The number of nitrogens with one attached hydrogen (secondary N) is 1. The number of hydrogen-bond acceptors (Lipinski definition) is 3. The first kappa shape index (κ1) is 25.1. The minimum atomic E-state index is -4.03. The first-order valence-electron chi connectivity index (χ1n) is 10.5. The second-order valence-corrected chi connectivity index (χ2v) is 10.5. The number of hydrogen-bond donors (Lipinski definition) is 1. The van der Waals surface area contributed by atoms with Crippen LogP contribution in [0.4, 0.5) is 5.69 Å². The molecule has 0 fully saturated rings. The van der Waals surface area contributed by atoms with Crippen LogP contribution in [0.15, 0.2) is 71.6 Å². The van der Waals surface area contributed by atoms with Gasteiger partial charge in [0.15, 0.2) is 0 Å². The highest BCUT2D eigenvalue weighted by molar-refractivity contribution is 7.92. The predicted molar refractivity (Wildman–Crippen MR) is 135 cm³/mol. The molecule has 0 saturated heterocycles. The van der Waals surface area contributed by atoms with Crippen LogP contribution in [-0.2, 0) is 14.8 Å². The van der Waals surface area contributed by atoms with Crippen molar-refractivity contribution in [2.75, 3.05) is 10.8 Å². The third kappa shape index (κ3) is 5.88. The van der Waals surface area contributed by atoms with Gasteiger partial charge in [0.05, 0.1) is 26.7 Å². The van der Waals surface area contributed by atoms with Gasteiger partial charge in [0.1, 0.15) is 6.54 Å². The number of amides is 1. The molecule has 0 saturated carbocycles. The van der Waals surface area contributed by atoms with Gasteiger partial charge in [0.2, 0.25) is 5.91 Å². The number of carbonyl (C=O) groups is 1. The normalized spacial score (nSPS) is 12.3. The van der Waals surface area contributed by atoms with E-state index in [9.17, 15) is 13.2 Å². The van der Waals surface area contributed by atoms with Crippen LogP contribution in [0.1, 0.15) is 36.1 Å². The summed E-state index contributed by atoms with van der Waals surface area (Å²) >= 11 is 12.2. The summed E-state index contributed by atoms with van der Waals surface area (Å²) in [6.45, 7) is 5.61. The average Bonchev–Trinajstić information content (AvgIpc) is 2.80. The lowest BCUT2D eigenvalue weighted by molar-refractivity contribution is -0.120. The summed E-state index contributed by atoms with van der Waals surface area (Å²) in [5.41, 5.74) is 3.52. The molecule has 1 unspecified atom stereocenters. The average molecular weight is 505 g/mol. The standard InChI is InChI=1S/C25H26Cl2N2O3S/c1-4-24(19-11-10-17(2)18(3)14-19)28-25(30)16-29(20-12-13-22(26)23(27)15-20)33(31,32)21-8-6-5-7-9-21/h5-15,24H,4,16H2,1-3H3,(H,28,30). The first-order valence-corrected chi connectivity index (χ1v) is 12.7. The van der Waals surface area contributed by atoms with Gasteiger partial charge < -0.3 is 5.32 Å². The fraction of sp³-hybridized carbons (Fsp3) is 0.240. The Morgan fingerprint density at radius 2 is 1.64 bits per heavy atom. The van der Waals surface area contributed by atoms with Crippen molar-refractivity contribution in [3.8, 4) is 0 Å². The van der Waals surface area contributed by atoms with E-state index in [1.165, 1.54) is 35.9 Å².